The van der Waals surface area contributed by atoms with Crippen molar-refractivity contribution in [1.82, 2.24) is 14.7 Å². The molecule has 5 nitrogen and oxygen atoms in total. The van der Waals surface area contributed by atoms with E-state index in [1.54, 1.807) is 12.4 Å². The Balaban J connectivity index is 2.14. The number of aromatic nitrogens is 2. The van der Waals surface area contributed by atoms with Crippen molar-refractivity contribution in [2.24, 2.45) is 0 Å². The maximum Gasteiger partial charge on any atom is 0.243 e. The third-order valence-electron chi connectivity index (χ3n) is 2.44. The molecule has 0 aliphatic carbocycles. The summed E-state index contributed by atoms with van der Waals surface area (Å²) in [7, 11) is -3.81. The van der Waals surface area contributed by atoms with Gasteiger partial charge in [0.15, 0.2) is 0 Å². The van der Waals surface area contributed by atoms with E-state index in [0.29, 0.717) is 12.2 Å². The number of imidazole rings is 1. The highest BCUT2D eigenvalue weighted by Gasteiger charge is 2.22. The van der Waals surface area contributed by atoms with E-state index in [9.17, 15) is 8.42 Å². The number of halogens is 3. The van der Waals surface area contributed by atoms with E-state index in [0.717, 1.165) is 0 Å². The Labute approximate surface area is 131 Å². The van der Waals surface area contributed by atoms with E-state index in [2.05, 4.69) is 14.7 Å². The summed E-state index contributed by atoms with van der Waals surface area (Å²) in [6.07, 6.45) is 3.68. The lowest BCUT2D eigenvalue weighted by Gasteiger charge is -2.10. The van der Waals surface area contributed by atoms with Crippen LogP contribution in [0.1, 0.15) is 5.82 Å². The highest BCUT2D eigenvalue weighted by Crippen LogP contribution is 2.32. The molecule has 0 aliphatic rings. The van der Waals surface area contributed by atoms with Crippen LogP contribution in [0, 0.1) is 0 Å². The van der Waals surface area contributed by atoms with Crippen molar-refractivity contribution < 1.29 is 8.42 Å². The maximum absolute atomic E-state index is 12.2. The standard InChI is InChI=1S/C11H10Cl3N3O2S/c12-7-5-8(13)11(9(14)6-7)20(18,19)17-2-1-10-15-3-4-16-10/h3-6,17H,1-2H2,(H,15,16). The van der Waals surface area contributed by atoms with Gasteiger partial charge in [-0.3, -0.25) is 0 Å². The van der Waals surface area contributed by atoms with Gasteiger partial charge in [-0.05, 0) is 12.1 Å². The fraction of sp³-hybridized carbons (Fsp3) is 0.182. The summed E-state index contributed by atoms with van der Waals surface area (Å²) in [5, 5.41) is 0.232. The van der Waals surface area contributed by atoms with Crippen molar-refractivity contribution in [2.75, 3.05) is 6.54 Å². The normalized spacial score (nSPS) is 11.8. The van der Waals surface area contributed by atoms with Crippen molar-refractivity contribution in [3.63, 3.8) is 0 Å². The molecule has 0 atom stereocenters. The summed E-state index contributed by atoms with van der Waals surface area (Å²) >= 11 is 17.5. The van der Waals surface area contributed by atoms with Crippen molar-refractivity contribution in [1.29, 1.82) is 0 Å². The number of hydrogen-bond acceptors (Lipinski definition) is 3. The summed E-state index contributed by atoms with van der Waals surface area (Å²) in [6, 6.07) is 2.66. The van der Waals surface area contributed by atoms with Gasteiger partial charge < -0.3 is 4.98 Å². The Morgan fingerprint density at radius 1 is 1.20 bits per heavy atom. The number of rotatable bonds is 5. The summed E-state index contributed by atoms with van der Waals surface area (Å²) in [4.78, 5) is 6.70. The van der Waals surface area contributed by atoms with Gasteiger partial charge in [0.2, 0.25) is 10.0 Å². The minimum Gasteiger partial charge on any atom is -0.349 e. The third kappa shape index (κ3) is 3.65. The maximum atomic E-state index is 12.2. The lowest BCUT2D eigenvalue weighted by atomic mass is 10.4. The first kappa shape index (κ1) is 15.6. The van der Waals surface area contributed by atoms with E-state index in [1.165, 1.54) is 12.1 Å². The number of nitrogens with zero attached hydrogens (tertiary/aromatic N) is 1. The molecule has 0 saturated carbocycles. The van der Waals surface area contributed by atoms with Crippen molar-refractivity contribution in [2.45, 2.75) is 11.3 Å². The van der Waals surface area contributed by atoms with Crippen LogP contribution in [-0.4, -0.2) is 24.9 Å². The first-order chi connectivity index (χ1) is 9.40. The van der Waals surface area contributed by atoms with Gasteiger partial charge in [-0.2, -0.15) is 0 Å². The van der Waals surface area contributed by atoms with E-state index < -0.39 is 10.0 Å². The van der Waals surface area contributed by atoms with Crippen LogP contribution in [0.3, 0.4) is 0 Å². The second-order valence-corrected chi connectivity index (χ2v) is 6.84. The molecule has 0 unspecified atom stereocenters. The molecule has 2 rings (SSSR count). The van der Waals surface area contributed by atoms with Gasteiger partial charge >= 0.3 is 0 Å². The van der Waals surface area contributed by atoms with Gasteiger partial charge in [0.1, 0.15) is 10.7 Å². The number of H-pyrrole nitrogens is 1. The second-order valence-electron chi connectivity index (χ2n) is 3.88. The summed E-state index contributed by atoms with van der Waals surface area (Å²) in [5.74, 6) is 0.681. The quantitative estimate of drug-likeness (QED) is 0.867. The molecule has 0 radical (unpaired) electrons. The van der Waals surface area contributed by atoms with Crippen LogP contribution in [-0.2, 0) is 16.4 Å². The molecule has 2 N–H and O–H groups in total. The summed E-state index contributed by atoms with van der Waals surface area (Å²) in [6.45, 7) is 0.172. The molecule has 2 aromatic rings. The second kappa shape index (κ2) is 6.32. The van der Waals surface area contributed by atoms with Crippen molar-refractivity contribution in [3.05, 3.63) is 45.4 Å². The molecule has 0 aliphatic heterocycles. The number of benzene rings is 1. The van der Waals surface area contributed by atoms with Crippen LogP contribution < -0.4 is 4.72 Å². The SMILES string of the molecule is O=S(=O)(NCCc1ncc[nH]1)c1c(Cl)cc(Cl)cc1Cl. The third-order valence-corrected chi connectivity index (χ3v) is 5.04. The highest BCUT2D eigenvalue weighted by atomic mass is 35.5. The molecule has 0 spiro atoms. The molecular weight excluding hydrogens is 345 g/mol. The van der Waals surface area contributed by atoms with Crippen molar-refractivity contribution >= 4 is 44.8 Å². The molecule has 1 aromatic heterocycles. The molecule has 0 amide bonds. The average Bonchev–Trinajstić information content (AvgIpc) is 2.79. The van der Waals surface area contributed by atoms with Gasteiger partial charge in [0.25, 0.3) is 0 Å². The Kier molecular flexibility index (Phi) is 4.93. The molecular formula is C11H10Cl3N3O2S. The molecule has 1 heterocycles. The fourth-order valence-electron chi connectivity index (χ4n) is 1.60. The lowest BCUT2D eigenvalue weighted by Crippen LogP contribution is -2.26. The first-order valence-corrected chi connectivity index (χ1v) is 8.14. The van der Waals surface area contributed by atoms with E-state index in [1.807, 2.05) is 0 Å². The zero-order valence-electron chi connectivity index (χ0n) is 10.0. The summed E-state index contributed by atoms with van der Waals surface area (Å²) < 4.78 is 26.7. The van der Waals surface area contributed by atoms with E-state index in [-0.39, 0.29) is 26.5 Å². The first-order valence-electron chi connectivity index (χ1n) is 5.52. The molecule has 9 heteroatoms. The molecule has 0 bridgehead atoms. The molecule has 108 valence electrons. The van der Waals surface area contributed by atoms with Crippen LogP contribution in [0.5, 0.6) is 0 Å². The fourth-order valence-corrected chi connectivity index (χ4v) is 4.17. The minimum atomic E-state index is -3.81. The van der Waals surface area contributed by atoms with Gasteiger partial charge in [0.05, 0.1) is 10.0 Å². The van der Waals surface area contributed by atoms with Gasteiger partial charge in [0, 0.05) is 30.4 Å². The topological polar surface area (TPSA) is 74.8 Å². The van der Waals surface area contributed by atoms with E-state index >= 15 is 0 Å². The number of nitrogens with one attached hydrogen (secondary N) is 2. The average molecular weight is 355 g/mol. The zero-order valence-corrected chi connectivity index (χ0v) is 13.1. The van der Waals surface area contributed by atoms with Crippen LogP contribution in [0.2, 0.25) is 15.1 Å². The molecule has 0 saturated heterocycles. The van der Waals surface area contributed by atoms with Crippen LogP contribution in [0.25, 0.3) is 0 Å². The predicted molar refractivity (Wildman–Crippen MR) is 79.0 cm³/mol. The smallest absolute Gasteiger partial charge is 0.243 e. The number of aromatic amines is 1. The molecule has 20 heavy (non-hydrogen) atoms. The lowest BCUT2D eigenvalue weighted by molar-refractivity contribution is 0.581. The monoisotopic (exact) mass is 353 g/mol. The van der Waals surface area contributed by atoms with Crippen LogP contribution in [0.4, 0.5) is 0 Å². The largest absolute Gasteiger partial charge is 0.349 e. The van der Waals surface area contributed by atoms with Gasteiger partial charge in [-0.25, -0.2) is 18.1 Å². The van der Waals surface area contributed by atoms with Gasteiger partial charge in [-0.15, -0.1) is 0 Å². The Hall–Kier alpha value is -0.790. The van der Waals surface area contributed by atoms with Crippen LogP contribution >= 0.6 is 34.8 Å². The predicted octanol–water partition coefficient (Wildman–Crippen LogP) is 2.89. The zero-order chi connectivity index (χ0) is 14.8. The minimum absolute atomic E-state index is 0.0204. The highest BCUT2D eigenvalue weighted by molar-refractivity contribution is 7.89. The Morgan fingerprint density at radius 2 is 1.85 bits per heavy atom. The molecule has 1 aromatic carbocycles. The number of hydrogen-bond donors (Lipinski definition) is 2. The Bertz CT molecular complexity index is 679. The Morgan fingerprint density at radius 3 is 2.40 bits per heavy atom. The van der Waals surface area contributed by atoms with Crippen LogP contribution in [0.15, 0.2) is 29.4 Å². The molecule has 0 fully saturated rings. The van der Waals surface area contributed by atoms with E-state index in [4.69, 9.17) is 34.8 Å². The van der Waals surface area contributed by atoms with Gasteiger partial charge in [-0.1, -0.05) is 34.8 Å². The summed E-state index contributed by atoms with van der Waals surface area (Å²) in [5.41, 5.74) is 0. The van der Waals surface area contributed by atoms with Crippen molar-refractivity contribution in [3.8, 4) is 0 Å². The number of sulfonamides is 1.